The fraction of sp³-hybridized carbons (Fsp3) is 0.550. The number of halogens is 3. The summed E-state index contributed by atoms with van der Waals surface area (Å²) in [5, 5.41) is 11.1. The zero-order valence-electron chi connectivity index (χ0n) is 16.9. The summed E-state index contributed by atoms with van der Waals surface area (Å²) < 4.78 is 40.6. The van der Waals surface area contributed by atoms with Crippen molar-refractivity contribution in [3.63, 3.8) is 0 Å². The maximum absolute atomic E-state index is 12.9. The van der Waals surface area contributed by atoms with Crippen LogP contribution in [0.2, 0.25) is 0 Å². The van der Waals surface area contributed by atoms with Gasteiger partial charge in [-0.1, -0.05) is 25.1 Å². The normalized spacial score (nSPS) is 18.3. The van der Waals surface area contributed by atoms with E-state index < -0.39 is 11.7 Å². The van der Waals surface area contributed by atoms with E-state index in [-0.39, 0.29) is 12.0 Å². The summed E-state index contributed by atoms with van der Waals surface area (Å²) in [7, 11) is 1.71. The largest absolute Gasteiger partial charge is 0.416 e. The fourth-order valence-corrected chi connectivity index (χ4v) is 3.53. The summed E-state index contributed by atoms with van der Waals surface area (Å²) >= 11 is 0. The van der Waals surface area contributed by atoms with E-state index in [1.54, 1.807) is 13.1 Å². The molecule has 6 nitrogen and oxygen atoms in total. The second-order valence-electron chi connectivity index (χ2n) is 7.45. The SMILES string of the molecule is CN=C(NCCC(C)c1cccc(C(F)(F)F)c1)NC1CCc2nc(C)nn2C1. The number of nitrogens with one attached hydrogen (secondary N) is 2. The number of rotatable bonds is 5. The Morgan fingerprint density at radius 1 is 1.38 bits per heavy atom. The summed E-state index contributed by atoms with van der Waals surface area (Å²) in [6.07, 6.45) is -1.82. The van der Waals surface area contributed by atoms with E-state index in [4.69, 9.17) is 0 Å². The lowest BCUT2D eigenvalue weighted by molar-refractivity contribution is -0.137. The summed E-state index contributed by atoms with van der Waals surface area (Å²) in [4.78, 5) is 8.67. The van der Waals surface area contributed by atoms with Gasteiger partial charge in [0.05, 0.1) is 12.1 Å². The second kappa shape index (κ2) is 8.84. The van der Waals surface area contributed by atoms with Gasteiger partial charge in [0, 0.05) is 26.1 Å². The predicted octanol–water partition coefficient (Wildman–Crippen LogP) is 3.28. The lowest BCUT2D eigenvalue weighted by atomic mass is 9.96. The highest BCUT2D eigenvalue weighted by molar-refractivity contribution is 5.79. The molecule has 0 radical (unpaired) electrons. The van der Waals surface area contributed by atoms with Gasteiger partial charge in [-0.15, -0.1) is 0 Å². The Bertz CT molecular complexity index is 858. The molecule has 2 unspecified atom stereocenters. The molecule has 9 heteroatoms. The minimum absolute atomic E-state index is 0.00160. The topological polar surface area (TPSA) is 67.1 Å². The molecule has 2 N–H and O–H groups in total. The van der Waals surface area contributed by atoms with Crippen molar-refractivity contribution in [2.75, 3.05) is 13.6 Å². The average molecular weight is 408 g/mol. The highest BCUT2D eigenvalue weighted by Gasteiger charge is 2.30. The van der Waals surface area contributed by atoms with Crippen LogP contribution in [0.4, 0.5) is 13.2 Å². The number of nitrogens with zero attached hydrogens (tertiary/aromatic N) is 4. The molecule has 1 aromatic heterocycles. The minimum Gasteiger partial charge on any atom is -0.356 e. The van der Waals surface area contributed by atoms with E-state index in [0.29, 0.717) is 24.5 Å². The van der Waals surface area contributed by atoms with Gasteiger partial charge < -0.3 is 10.6 Å². The van der Waals surface area contributed by atoms with Crippen LogP contribution in [0.15, 0.2) is 29.3 Å². The fourth-order valence-electron chi connectivity index (χ4n) is 3.53. The van der Waals surface area contributed by atoms with Crippen molar-refractivity contribution in [2.24, 2.45) is 4.99 Å². The zero-order valence-corrected chi connectivity index (χ0v) is 16.9. The molecular weight excluding hydrogens is 381 g/mol. The van der Waals surface area contributed by atoms with Gasteiger partial charge in [0.25, 0.3) is 0 Å². The van der Waals surface area contributed by atoms with Crippen molar-refractivity contribution in [1.82, 2.24) is 25.4 Å². The number of hydrogen-bond acceptors (Lipinski definition) is 3. The Hall–Kier alpha value is -2.58. The van der Waals surface area contributed by atoms with Gasteiger partial charge in [0.15, 0.2) is 5.96 Å². The molecule has 29 heavy (non-hydrogen) atoms. The third kappa shape index (κ3) is 5.48. The number of aromatic nitrogens is 3. The number of alkyl halides is 3. The minimum atomic E-state index is -4.32. The van der Waals surface area contributed by atoms with E-state index in [1.807, 2.05) is 18.5 Å². The molecule has 158 valence electrons. The first-order valence-corrected chi connectivity index (χ1v) is 9.81. The van der Waals surface area contributed by atoms with E-state index in [1.165, 1.54) is 12.1 Å². The third-order valence-corrected chi connectivity index (χ3v) is 5.18. The van der Waals surface area contributed by atoms with Gasteiger partial charge in [0.1, 0.15) is 11.6 Å². The smallest absolute Gasteiger partial charge is 0.356 e. The van der Waals surface area contributed by atoms with Crippen LogP contribution in [0.3, 0.4) is 0 Å². The Morgan fingerprint density at radius 2 is 2.17 bits per heavy atom. The molecule has 2 heterocycles. The van der Waals surface area contributed by atoms with Crippen LogP contribution < -0.4 is 10.6 Å². The standard InChI is InChI=1S/C20H27F3N6/c1-13(15-5-4-6-16(11-15)20(21,22)23)9-10-25-19(24-3)27-17-7-8-18-26-14(2)28-29(18)12-17/h4-6,11,13,17H,7-10,12H2,1-3H3,(H2,24,25,27). The highest BCUT2D eigenvalue weighted by atomic mass is 19.4. The first kappa shape index (κ1) is 21.1. The lowest BCUT2D eigenvalue weighted by Crippen LogP contribution is -2.47. The Kier molecular flexibility index (Phi) is 6.44. The second-order valence-corrected chi connectivity index (χ2v) is 7.45. The molecule has 0 amide bonds. The van der Waals surface area contributed by atoms with Gasteiger partial charge in [-0.25, -0.2) is 9.67 Å². The molecule has 1 aliphatic heterocycles. The molecule has 0 aliphatic carbocycles. The van der Waals surface area contributed by atoms with E-state index in [2.05, 4.69) is 25.7 Å². The van der Waals surface area contributed by atoms with Crippen molar-refractivity contribution in [3.05, 3.63) is 47.0 Å². The number of aliphatic imine (C=N–C) groups is 1. The number of hydrogen-bond donors (Lipinski definition) is 2. The molecule has 1 aliphatic rings. The summed E-state index contributed by atoms with van der Waals surface area (Å²) in [6, 6.07) is 5.75. The molecule has 2 aromatic rings. The lowest BCUT2D eigenvalue weighted by Gasteiger charge is -2.25. The van der Waals surface area contributed by atoms with Crippen LogP contribution in [0.1, 0.15) is 48.5 Å². The molecule has 0 saturated heterocycles. The van der Waals surface area contributed by atoms with Crippen LogP contribution in [-0.2, 0) is 19.1 Å². The van der Waals surface area contributed by atoms with E-state index >= 15 is 0 Å². The first-order chi connectivity index (χ1) is 13.8. The van der Waals surface area contributed by atoms with Crippen LogP contribution in [-0.4, -0.2) is 40.4 Å². The average Bonchev–Trinajstić information content (AvgIpc) is 3.05. The van der Waals surface area contributed by atoms with E-state index in [0.717, 1.165) is 37.1 Å². The van der Waals surface area contributed by atoms with Crippen molar-refractivity contribution in [1.29, 1.82) is 0 Å². The van der Waals surface area contributed by atoms with Gasteiger partial charge in [-0.05, 0) is 37.3 Å². The third-order valence-electron chi connectivity index (χ3n) is 5.18. The maximum Gasteiger partial charge on any atom is 0.416 e. The molecule has 1 aromatic carbocycles. The van der Waals surface area contributed by atoms with Crippen LogP contribution in [0.5, 0.6) is 0 Å². The quantitative estimate of drug-likeness (QED) is 0.589. The number of aryl methyl sites for hydroxylation is 2. The molecule has 0 fully saturated rings. The Labute approximate surface area is 168 Å². The number of benzene rings is 1. The van der Waals surface area contributed by atoms with Crippen molar-refractivity contribution >= 4 is 5.96 Å². The molecule has 0 saturated carbocycles. The molecule has 0 bridgehead atoms. The Morgan fingerprint density at radius 3 is 2.90 bits per heavy atom. The summed E-state index contributed by atoms with van der Waals surface area (Å²) in [5.41, 5.74) is 0.0817. The number of fused-ring (bicyclic) bond motifs is 1. The van der Waals surface area contributed by atoms with Crippen LogP contribution >= 0.6 is 0 Å². The molecule has 3 rings (SSSR count). The summed E-state index contributed by atoms with van der Waals surface area (Å²) in [5.74, 6) is 2.48. The van der Waals surface area contributed by atoms with Crippen LogP contribution in [0, 0.1) is 6.92 Å². The van der Waals surface area contributed by atoms with Gasteiger partial charge in [0.2, 0.25) is 0 Å². The molecule has 0 spiro atoms. The number of guanidine groups is 1. The van der Waals surface area contributed by atoms with Crippen molar-refractivity contribution in [3.8, 4) is 0 Å². The van der Waals surface area contributed by atoms with Gasteiger partial charge >= 0.3 is 6.18 Å². The Balaban J connectivity index is 1.49. The first-order valence-electron chi connectivity index (χ1n) is 9.81. The van der Waals surface area contributed by atoms with Gasteiger partial charge in [-0.2, -0.15) is 18.3 Å². The predicted molar refractivity (Wildman–Crippen MR) is 106 cm³/mol. The van der Waals surface area contributed by atoms with Crippen LogP contribution in [0.25, 0.3) is 0 Å². The molecule has 2 atom stereocenters. The zero-order chi connectivity index (χ0) is 21.0. The van der Waals surface area contributed by atoms with E-state index in [9.17, 15) is 13.2 Å². The highest BCUT2D eigenvalue weighted by Crippen LogP contribution is 2.31. The van der Waals surface area contributed by atoms with Gasteiger partial charge in [-0.3, -0.25) is 4.99 Å². The van der Waals surface area contributed by atoms with Crippen molar-refractivity contribution in [2.45, 2.75) is 57.8 Å². The van der Waals surface area contributed by atoms with Crippen molar-refractivity contribution < 1.29 is 13.2 Å². The molecular formula is C20H27F3N6. The maximum atomic E-state index is 12.9. The summed E-state index contributed by atoms with van der Waals surface area (Å²) in [6.45, 7) is 5.16. The monoisotopic (exact) mass is 408 g/mol.